The van der Waals surface area contributed by atoms with Crippen molar-refractivity contribution in [3.63, 3.8) is 0 Å². The van der Waals surface area contributed by atoms with Crippen molar-refractivity contribution < 1.29 is 45.5 Å². The Morgan fingerprint density at radius 3 is 1.54 bits per heavy atom. The number of cyclic esters (lactones) is 1. The van der Waals surface area contributed by atoms with Crippen LogP contribution in [0.15, 0.2) is 148 Å². The number of aryl methyl sites for hydroxylation is 2. The summed E-state index contributed by atoms with van der Waals surface area (Å²) in [6.07, 6.45) is -7.13. The summed E-state index contributed by atoms with van der Waals surface area (Å²) < 4.78 is 86.1. The van der Waals surface area contributed by atoms with E-state index in [0.717, 1.165) is 91.2 Å². The van der Waals surface area contributed by atoms with Crippen LogP contribution in [-0.2, 0) is 30.2 Å². The summed E-state index contributed by atoms with van der Waals surface area (Å²) in [6, 6.07) is 32.4. The van der Waals surface area contributed by atoms with E-state index in [2.05, 4.69) is 43.4 Å². The first-order valence-corrected chi connectivity index (χ1v) is 24.9. The van der Waals surface area contributed by atoms with Gasteiger partial charge in [0.05, 0.1) is 63.5 Å². The first kappa shape index (κ1) is 58.4. The monoisotopic (exact) mass is 1100 g/mol. The summed E-state index contributed by atoms with van der Waals surface area (Å²) in [6.45, 7) is 11.7. The number of anilines is 1. The molecule has 6 aromatic carbocycles. The number of nitrogens with two attached hydrogens (primary N) is 1. The molecule has 0 fully saturated rings. The average molecular weight is 1110 g/mol. The molecular weight excluding hydrogens is 1050 g/mol. The van der Waals surface area contributed by atoms with Crippen LogP contribution >= 0.6 is 0 Å². The van der Waals surface area contributed by atoms with Crippen LogP contribution in [0.4, 0.5) is 37.7 Å². The Kier molecular flexibility index (Phi) is 18.2. The molecule has 1 aliphatic heterocycles. The van der Waals surface area contributed by atoms with Gasteiger partial charge in [0, 0.05) is 17.8 Å². The molecule has 2 unspecified atom stereocenters. The van der Waals surface area contributed by atoms with Crippen LogP contribution in [0.25, 0.3) is 11.4 Å². The zero-order valence-corrected chi connectivity index (χ0v) is 44.0. The number of tetrazole rings is 2. The van der Waals surface area contributed by atoms with Crippen molar-refractivity contribution in [3.05, 3.63) is 210 Å². The lowest BCUT2D eigenvalue weighted by Gasteiger charge is -2.15. The number of carbonyl (C=O) groups is 3. The number of esters is 1. The molecule has 0 radical (unpaired) electrons. The number of fused-ring (bicyclic) bond motifs is 1. The van der Waals surface area contributed by atoms with E-state index in [1.54, 1.807) is 85.8 Å². The topological polar surface area (TPSA) is 228 Å². The molecule has 80 heavy (non-hydrogen) atoms. The molecule has 2 atom stereocenters. The van der Waals surface area contributed by atoms with E-state index in [1.807, 2.05) is 33.8 Å². The zero-order valence-electron chi connectivity index (χ0n) is 44.0. The maximum absolute atomic E-state index is 13.1. The van der Waals surface area contributed by atoms with Gasteiger partial charge in [0.25, 0.3) is 11.8 Å². The lowest BCUT2D eigenvalue weighted by atomic mass is 10.0. The summed E-state index contributed by atoms with van der Waals surface area (Å²) in [5.74, 6) is -1.01. The minimum absolute atomic E-state index is 0.0394. The van der Waals surface area contributed by atoms with Gasteiger partial charge < -0.3 is 21.1 Å². The van der Waals surface area contributed by atoms with Gasteiger partial charge in [-0.05, 0) is 169 Å². The molecule has 24 heteroatoms. The number of amides is 2. The molecule has 416 valence electrons. The van der Waals surface area contributed by atoms with Gasteiger partial charge in [-0.15, -0.1) is 0 Å². The van der Waals surface area contributed by atoms with Crippen molar-refractivity contribution in [2.24, 2.45) is 10.7 Å². The number of nitrogens with one attached hydrogen (secondary N) is 2. The van der Waals surface area contributed by atoms with E-state index in [1.165, 1.54) is 0 Å². The summed E-state index contributed by atoms with van der Waals surface area (Å²) in [4.78, 5) is 67.7. The molecule has 0 aliphatic carbocycles. The molecule has 0 bridgehead atoms. The van der Waals surface area contributed by atoms with Gasteiger partial charge in [-0.2, -0.15) is 45.1 Å². The number of carbonyl (C=O) groups excluding carboxylic acids is 3. The number of hydrogen-bond acceptors (Lipinski definition) is 12. The van der Waals surface area contributed by atoms with Crippen LogP contribution in [0.3, 0.4) is 0 Å². The van der Waals surface area contributed by atoms with Crippen molar-refractivity contribution in [3.8, 4) is 11.4 Å². The van der Waals surface area contributed by atoms with E-state index in [9.17, 15) is 50.3 Å². The Morgan fingerprint density at radius 2 is 1.07 bits per heavy atom. The van der Waals surface area contributed by atoms with Crippen molar-refractivity contribution in [1.29, 1.82) is 0 Å². The summed E-state index contributed by atoms with van der Waals surface area (Å²) >= 11 is 0. The number of aliphatic imine (C=N–C) groups is 1. The molecular formula is C56H54F6N12O6. The number of benzene rings is 6. The molecule has 4 N–H and O–H groups in total. The van der Waals surface area contributed by atoms with Crippen molar-refractivity contribution in [2.45, 2.75) is 91.9 Å². The van der Waals surface area contributed by atoms with Crippen molar-refractivity contribution in [2.75, 3.05) is 5.32 Å². The minimum Gasteiger partial charge on any atom is -0.403 e. The summed E-state index contributed by atoms with van der Waals surface area (Å²) in [5.41, 5.74) is 8.32. The quantitative estimate of drug-likeness (QED) is 0.0728. The molecule has 9 rings (SSSR count). The SMILES string of the molecule is CCC(C)N.CCC(C)NC(=O)c1ccccc1C(=O)Nc1ccc(Cn2nnn(-c3ccc(C(F)(F)F)cc3)c2=O)cc1C.Cc1cc(Cn2nnn(-c3ccc(C(F)(F)F)cc3)c2=O)ccc1N=C1OC(=O)c2ccccc21. The number of hydrogen-bond donors (Lipinski definition) is 3. The van der Waals surface area contributed by atoms with E-state index in [-0.39, 0.29) is 53.4 Å². The Labute approximate surface area is 453 Å². The highest BCUT2D eigenvalue weighted by Gasteiger charge is 2.32. The highest BCUT2D eigenvalue weighted by molar-refractivity contribution is 6.17. The first-order chi connectivity index (χ1) is 37.9. The third-order valence-corrected chi connectivity index (χ3v) is 12.5. The van der Waals surface area contributed by atoms with Crippen LogP contribution in [0.1, 0.15) is 111 Å². The Hall–Kier alpha value is -9.32. The third kappa shape index (κ3) is 14.2. The van der Waals surface area contributed by atoms with Gasteiger partial charge in [-0.25, -0.2) is 19.4 Å². The standard InChI is InChI=1S/C28H27F3N6O3.C24H16F3N5O3.C4H11N/c1-4-18(3)32-25(38)22-7-5-6-8-23(22)26(39)33-24-14-9-19(15-17(24)2)16-36-27(40)37(35-34-36)21-12-10-20(11-13-21)28(29,30)31;1-14-12-15(6-11-20(14)28-21-18-4-2-3-5-19(18)22(33)35-21)13-31-23(34)32(30-29-31)17-9-7-16(8-10-17)24(25,26)27;1-3-4(2)5/h5-15,18H,4,16H2,1-3H3,(H,32,38)(H,33,39);2-12H,13H2,1H3;4H,3,5H2,1-2H3. The maximum Gasteiger partial charge on any atom is 0.416 e. The molecule has 0 saturated carbocycles. The van der Waals surface area contributed by atoms with Gasteiger partial charge in [0.15, 0.2) is 0 Å². The van der Waals surface area contributed by atoms with Crippen LogP contribution in [0, 0.1) is 13.8 Å². The van der Waals surface area contributed by atoms with Crippen molar-refractivity contribution >= 4 is 35.1 Å². The third-order valence-electron chi connectivity index (χ3n) is 12.5. The Bertz CT molecular complexity index is 3680. The van der Waals surface area contributed by atoms with Crippen LogP contribution in [-0.4, -0.2) is 75.3 Å². The van der Waals surface area contributed by atoms with E-state index < -0.39 is 46.7 Å². The Morgan fingerprint density at radius 1 is 0.613 bits per heavy atom. The maximum atomic E-state index is 13.1. The molecule has 0 spiro atoms. The second-order valence-corrected chi connectivity index (χ2v) is 18.5. The lowest BCUT2D eigenvalue weighted by molar-refractivity contribution is -0.138. The number of aromatic nitrogens is 8. The van der Waals surface area contributed by atoms with Crippen LogP contribution < -0.4 is 27.7 Å². The van der Waals surface area contributed by atoms with E-state index in [4.69, 9.17) is 10.5 Å². The largest absolute Gasteiger partial charge is 0.416 e. The second-order valence-electron chi connectivity index (χ2n) is 18.5. The molecule has 18 nitrogen and oxygen atoms in total. The highest BCUT2D eigenvalue weighted by Crippen LogP contribution is 2.31. The number of ether oxygens (including phenoxy) is 1. The van der Waals surface area contributed by atoms with Gasteiger partial charge in [0.2, 0.25) is 5.90 Å². The predicted octanol–water partition coefficient (Wildman–Crippen LogP) is 9.38. The normalized spacial score (nSPS) is 13.3. The van der Waals surface area contributed by atoms with Gasteiger partial charge in [0.1, 0.15) is 0 Å². The number of rotatable bonds is 13. The van der Waals surface area contributed by atoms with E-state index >= 15 is 0 Å². The number of alkyl halides is 6. The smallest absolute Gasteiger partial charge is 0.403 e. The molecule has 1 aliphatic rings. The lowest BCUT2D eigenvalue weighted by Crippen LogP contribution is -2.33. The van der Waals surface area contributed by atoms with Crippen molar-refractivity contribution in [1.82, 2.24) is 44.9 Å². The summed E-state index contributed by atoms with van der Waals surface area (Å²) in [7, 11) is 0. The number of halogens is 6. The van der Waals surface area contributed by atoms with Crippen LogP contribution in [0.5, 0.6) is 0 Å². The fraction of sp³-hybridized carbons (Fsp3) is 0.250. The first-order valence-electron chi connectivity index (χ1n) is 24.9. The average Bonchev–Trinajstić information content (AvgIpc) is 4.09. The minimum atomic E-state index is -4.49. The summed E-state index contributed by atoms with van der Waals surface area (Å²) in [5, 5.41) is 20.9. The fourth-order valence-corrected chi connectivity index (χ4v) is 7.62. The number of nitrogens with zero attached hydrogens (tertiary/aromatic N) is 9. The Balaban J connectivity index is 0.000000214. The molecule has 3 heterocycles. The molecule has 2 amide bonds. The molecule has 8 aromatic rings. The van der Waals surface area contributed by atoms with Gasteiger partial charge >= 0.3 is 29.7 Å². The molecule has 2 aromatic heterocycles. The van der Waals surface area contributed by atoms with Gasteiger partial charge in [-0.3, -0.25) is 9.59 Å². The fourth-order valence-electron chi connectivity index (χ4n) is 7.62. The zero-order chi connectivity index (χ0) is 58.1. The van der Waals surface area contributed by atoms with Gasteiger partial charge in [-0.1, -0.05) is 62.4 Å². The molecule has 0 saturated heterocycles. The predicted molar refractivity (Wildman–Crippen MR) is 285 cm³/mol. The second kappa shape index (κ2) is 25.0. The van der Waals surface area contributed by atoms with Crippen LogP contribution in [0.2, 0.25) is 0 Å². The highest BCUT2D eigenvalue weighted by atomic mass is 19.4. The van der Waals surface area contributed by atoms with E-state index in [0.29, 0.717) is 39.7 Å².